The number of nitrogens with one attached hydrogen (secondary N) is 1. The molecule has 0 atom stereocenters. The summed E-state index contributed by atoms with van der Waals surface area (Å²) in [4.78, 5) is 12.6. The average Bonchev–Trinajstić information content (AvgIpc) is 3.27. The van der Waals surface area contributed by atoms with Crippen LogP contribution in [0.25, 0.3) is 22.6 Å². The molecule has 0 aliphatic carbocycles. The molecule has 5 heteroatoms. The fraction of sp³-hybridized carbons (Fsp3) is 0.115. The van der Waals surface area contributed by atoms with Crippen LogP contribution in [0, 0.1) is 6.92 Å². The maximum atomic E-state index is 12.6. The van der Waals surface area contributed by atoms with Crippen LogP contribution in [-0.2, 0) is 11.3 Å². The first-order valence-corrected chi connectivity index (χ1v) is 10.6. The quantitative estimate of drug-likeness (QED) is 0.386. The third kappa shape index (κ3) is 3.82. The molecule has 1 aliphatic rings. The Bertz CT molecular complexity index is 1320. The van der Waals surface area contributed by atoms with E-state index in [1.165, 1.54) is 5.56 Å². The van der Waals surface area contributed by atoms with Gasteiger partial charge in [0, 0.05) is 38.8 Å². The number of nitrogens with zero attached hydrogens (tertiary/aromatic N) is 1. The highest BCUT2D eigenvalue weighted by Gasteiger charge is 2.24. The monoisotopic (exact) mass is 428 g/mol. The van der Waals surface area contributed by atoms with Crippen LogP contribution in [-0.4, -0.2) is 17.1 Å². The summed E-state index contributed by atoms with van der Waals surface area (Å²) in [5, 5.41) is 4.60. The Morgan fingerprint density at radius 1 is 1.06 bits per heavy atom. The van der Waals surface area contributed by atoms with Gasteiger partial charge in [0.15, 0.2) is 0 Å². The van der Waals surface area contributed by atoms with Gasteiger partial charge < -0.3 is 14.6 Å². The topological polar surface area (TPSA) is 43.3 Å². The van der Waals surface area contributed by atoms with Gasteiger partial charge in [0.2, 0.25) is 0 Å². The van der Waals surface area contributed by atoms with E-state index < -0.39 is 0 Å². The van der Waals surface area contributed by atoms with Gasteiger partial charge in [-0.05, 0) is 43.3 Å². The molecule has 0 fully saturated rings. The summed E-state index contributed by atoms with van der Waals surface area (Å²) in [7, 11) is 0. The zero-order chi connectivity index (χ0) is 21.4. The first kappa shape index (κ1) is 19.5. The van der Waals surface area contributed by atoms with E-state index in [2.05, 4.69) is 35.1 Å². The van der Waals surface area contributed by atoms with Crippen molar-refractivity contribution in [1.29, 1.82) is 0 Å². The van der Waals surface area contributed by atoms with Crippen molar-refractivity contribution >= 4 is 45.7 Å². The van der Waals surface area contributed by atoms with Crippen LogP contribution in [0.15, 0.2) is 72.9 Å². The smallest absolute Gasteiger partial charge is 0.256 e. The average molecular weight is 429 g/mol. The predicted octanol–water partition coefficient (Wildman–Crippen LogP) is 6.17. The highest BCUT2D eigenvalue weighted by atomic mass is 35.5. The van der Waals surface area contributed by atoms with E-state index in [0.29, 0.717) is 23.7 Å². The number of fused-ring (bicyclic) bond motifs is 2. The van der Waals surface area contributed by atoms with E-state index in [1.54, 1.807) is 12.1 Å². The van der Waals surface area contributed by atoms with Crippen LogP contribution in [0.2, 0.25) is 5.02 Å². The standard InChI is InChI=1S/C26H21ClN2O2/c1-17-6-9-20(10-7-17)31-13-12-29-16-18(21-4-2-3-5-25(21)29)14-23-22-11-8-19(27)15-24(22)28-26(23)30/h2-11,14-16H,12-13H2,1H3,(H,28,30)/b23-14+. The van der Waals surface area contributed by atoms with Crippen LogP contribution < -0.4 is 10.1 Å². The molecule has 3 aromatic carbocycles. The lowest BCUT2D eigenvalue weighted by Gasteiger charge is -2.08. The van der Waals surface area contributed by atoms with Crippen LogP contribution in [0.4, 0.5) is 5.69 Å². The molecule has 0 bridgehead atoms. The summed E-state index contributed by atoms with van der Waals surface area (Å²) >= 11 is 6.07. The second-order valence-corrected chi connectivity index (χ2v) is 8.09. The molecule has 1 amide bonds. The summed E-state index contributed by atoms with van der Waals surface area (Å²) in [6.45, 7) is 3.32. The first-order valence-electron chi connectivity index (χ1n) is 10.2. The Kier molecular flexibility index (Phi) is 5.00. The number of aryl methyl sites for hydroxylation is 1. The van der Waals surface area contributed by atoms with Crippen molar-refractivity contribution in [3.63, 3.8) is 0 Å². The molecule has 0 spiro atoms. The third-order valence-electron chi connectivity index (χ3n) is 5.51. The lowest BCUT2D eigenvalue weighted by Crippen LogP contribution is -2.07. The van der Waals surface area contributed by atoms with Gasteiger partial charge in [-0.25, -0.2) is 0 Å². The van der Waals surface area contributed by atoms with E-state index in [1.807, 2.05) is 48.5 Å². The van der Waals surface area contributed by atoms with Gasteiger partial charge in [0.25, 0.3) is 5.91 Å². The second-order valence-electron chi connectivity index (χ2n) is 7.66. The third-order valence-corrected chi connectivity index (χ3v) is 5.74. The van der Waals surface area contributed by atoms with E-state index in [0.717, 1.165) is 33.5 Å². The molecule has 0 unspecified atom stereocenters. The van der Waals surface area contributed by atoms with Gasteiger partial charge in [-0.15, -0.1) is 0 Å². The zero-order valence-electron chi connectivity index (χ0n) is 17.1. The molecule has 0 saturated carbocycles. The molecular formula is C26H21ClN2O2. The summed E-state index contributed by atoms with van der Waals surface area (Å²) in [5.74, 6) is 0.749. The molecule has 154 valence electrons. The number of halogens is 1. The SMILES string of the molecule is Cc1ccc(OCCn2cc(/C=C3/C(=O)Nc4cc(Cl)ccc43)c3ccccc32)cc1. The van der Waals surface area contributed by atoms with E-state index in [9.17, 15) is 4.79 Å². The molecular weight excluding hydrogens is 408 g/mol. The molecule has 2 heterocycles. The zero-order valence-corrected chi connectivity index (χ0v) is 17.8. The summed E-state index contributed by atoms with van der Waals surface area (Å²) in [6.07, 6.45) is 4.03. The fourth-order valence-corrected chi connectivity index (χ4v) is 4.11. The molecule has 4 nitrogen and oxygen atoms in total. The van der Waals surface area contributed by atoms with Crippen LogP contribution >= 0.6 is 11.6 Å². The summed E-state index contributed by atoms with van der Waals surface area (Å²) < 4.78 is 8.09. The normalized spacial score (nSPS) is 14.1. The van der Waals surface area contributed by atoms with Crippen molar-refractivity contribution in [2.45, 2.75) is 13.5 Å². The molecule has 1 N–H and O–H groups in total. The number of anilines is 1. The molecule has 31 heavy (non-hydrogen) atoms. The predicted molar refractivity (Wildman–Crippen MR) is 127 cm³/mol. The van der Waals surface area contributed by atoms with Crippen molar-refractivity contribution in [2.75, 3.05) is 11.9 Å². The number of carbonyl (C=O) groups is 1. The molecule has 1 aliphatic heterocycles. The molecule has 4 aromatic rings. The summed E-state index contributed by atoms with van der Waals surface area (Å²) in [6, 6.07) is 21.7. The van der Waals surface area contributed by atoms with Gasteiger partial charge in [0.1, 0.15) is 12.4 Å². The number of rotatable bonds is 5. The number of carbonyl (C=O) groups excluding carboxylic acids is 1. The highest BCUT2D eigenvalue weighted by Crippen LogP contribution is 2.36. The number of benzene rings is 3. The number of para-hydroxylation sites is 1. The Labute approximate surface area is 185 Å². The summed E-state index contributed by atoms with van der Waals surface area (Å²) in [5.41, 5.74) is 5.58. The van der Waals surface area contributed by atoms with E-state index >= 15 is 0 Å². The van der Waals surface area contributed by atoms with Crippen molar-refractivity contribution in [3.05, 3.63) is 94.6 Å². The van der Waals surface area contributed by atoms with Crippen LogP contribution in [0.1, 0.15) is 16.7 Å². The molecule has 0 saturated heterocycles. The maximum absolute atomic E-state index is 12.6. The highest BCUT2D eigenvalue weighted by molar-refractivity contribution is 6.36. The minimum atomic E-state index is -0.114. The Morgan fingerprint density at radius 3 is 2.71 bits per heavy atom. The number of aromatic nitrogens is 1. The lowest BCUT2D eigenvalue weighted by molar-refractivity contribution is -0.110. The molecule has 0 radical (unpaired) electrons. The number of amides is 1. The van der Waals surface area contributed by atoms with Crippen LogP contribution in [0.5, 0.6) is 5.75 Å². The minimum Gasteiger partial charge on any atom is -0.492 e. The fourth-order valence-electron chi connectivity index (χ4n) is 3.94. The maximum Gasteiger partial charge on any atom is 0.256 e. The largest absolute Gasteiger partial charge is 0.492 e. The number of hydrogen-bond donors (Lipinski definition) is 1. The van der Waals surface area contributed by atoms with Crippen molar-refractivity contribution in [3.8, 4) is 5.75 Å². The number of ether oxygens (including phenoxy) is 1. The molecule has 5 rings (SSSR count). The van der Waals surface area contributed by atoms with E-state index in [-0.39, 0.29) is 5.91 Å². The number of hydrogen-bond acceptors (Lipinski definition) is 2. The van der Waals surface area contributed by atoms with Gasteiger partial charge >= 0.3 is 0 Å². The van der Waals surface area contributed by atoms with Gasteiger partial charge in [-0.3, -0.25) is 4.79 Å². The van der Waals surface area contributed by atoms with Gasteiger partial charge in [-0.2, -0.15) is 0 Å². The Balaban J connectivity index is 1.45. The van der Waals surface area contributed by atoms with Crippen molar-refractivity contribution < 1.29 is 9.53 Å². The second kappa shape index (κ2) is 7.97. The molecule has 1 aromatic heterocycles. The van der Waals surface area contributed by atoms with Crippen LogP contribution in [0.3, 0.4) is 0 Å². The van der Waals surface area contributed by atoms with Gasteiger partial charge in [-0.1, -0.05) is 53.6 Å². The first-order chi connectivity index (χ1) is 15.1. The van der Waals surface area contributed by atoms with Crippen molar-refractivity contribution in [1.82, 2.24) is 4.57 Å². The minimum absolute atomic E-state index is 0.114. The Hall–Kier alpha value is -3.50. The Morgan fingerprint density at radius 2 is 1.87 bits per heavy atom. The van der Waals surface area contributed by atoms with E-state index in [4.69, 9.17) is 16.3 Å². The van der Waals surface area contributed by atoms with Gasteiger partial charge in [0.05, 0.1) is 12.2 Å². The lowest BCUT2D eigenvalue weighted by atomic mass is 10.0. The van der Waals surface area contributed by atoms with Crippen molar-refractivity contribution in [2.24, 2.45) is 0 Å².